The zero-order valence-corrected chi connectivity index (χ0v) is 13.7. The monoisotopic (exact) mass is 342 g/mol. The van der Waals surface area contributed by atoms with Gasteiger partial charge in [-0.25, -0.2) is 4.39 Å². The molecule has 0 spiro atoms. The van der Waals surface area contributed by atoms with Gasteiger partial charge in [-0.1, -0.05) is 6.07 Å². The van der Waals surface area contributed by atoms with Crippen molar-refractivity contribution in [1.82, 2.24) is 9.47 Å². The first-order valence-electron chi connectivity index (χ1n) is 8.50. The van der Waals surface area contributed by atoms with Crippen molar-refractivity contribution in [3.05, 3.63) is 58.7 Å². The van der Waals surface area contributed by atoms with Gasteiger partial charge in [0.05, 0.1) is 5.56 Å². The molecule has 1 aromatic carbocycles. The maximum Gasteiger partial charge on any atom is 0.270 e. The molecule has 1 saturated carbocycles. The van der Waals surface area contributed by atoms with Crippen molar-refractivity contribution in [1.29, 1.82) is 0 Å². The van der Waals surface area contributed by atoms with Gasteiger partial charge in [-0.05, 0) is 48.6 Å². The maximum absolute atomic E-state index is 14.5. The molecule has 5 nitrogen and oxygen atoms in total. The fourth-order valence-corrected chi connectivity index (χ4v) is 3.49. The van der Waals surface area contributed by atoms with E-state index < -0.39 is 18.2 Å². The Morgan fingerprint density at radius 3 is 2.76 bits per heavy atom. The summed E-state index contributed by atoms with van der Waals surface area (Å²) in [6.45, 7) is 0.0301. The molecule has 1 aliphatic heterocycles. The van der Waals surface area contributed by atoms with Crippen molar-refractivity contribution in [2.75, 3.05) is 13.2 Å². The number of hydrogen-bond acceptors (Lipinski definition) is 3. The highest BCUT2D eigenvalue weighted by molar-refractivity contribution is 5.97. The van der Waals surface area contributed by atoms with Crippen molar-refractivity contribution >= 4 is 11.7 Å². The number of rotatable bonds is 4. The molecule has 1 fully saturated rings. The molecule has 2 heterocycles. The zero-order valence-electron chi connectivity index (χ0n) is 13.7. The molecule has 0 saturated heterocycles. The Kier molecular flexibility index (Phi) is 3.92. The lowest BCUT2D eigenvalue weighted by atomic mass is 9.95. The van der Waals surface area contributed by atoms with Crippen molar-refractivity contribution in [3.63, 3.8) is 0 Å². The molecule has 6 heteroatoms. The lowest BCUT2D eigenvalue weighted by Gasteiger charge is -2.30. The van der Waals surface area contributed by atoms with Crippen LogP contribution in [0.4, 0.5) is 4.39 Å². The molecule has 0 radical (unpaired) electrons. The predicted octanol–water partition coefficient (Wildman–Crippen LogP) is 2.34. The average molecular weight is 342 g/mol. The number of aliphatic hydroxyl groups is 1. The van der Waals surface area contributed by atoms with Gasteiger partial charge in [-0.2, -0.15) is 0 Å². The number of hydrogen-bond donors (Lipinski definition) is 1. The highest BCUT2D eigenvalue weighted by Gasteiger charge is 2.30. The van der Waals surface area contributed by atoms with Gasteiger partial charge in [-0.3, -0.25) is 9.59 Å². The van der Waals surface area contributed by atoms with Crippen LogP contribution in [0.15, 0.2) is 30.5 Å². The highest BCUT2D eigenvalue weighted by Crippen LogP contribution is 2.36. The summed E-state index contributed by atoms with van der Waals surface area (Å²) in [5.74, 6) is -1.23. The Hall–Kier alpha value is -2.47. The highest BCUT2D eigenvalue weighted by atomic mass is 19.1. The van der Waals surface area contributed by atoms with Crippen LogP contribution in [-0.4, -0.2) is 39.4 Å². The van der Waals surface area contributed by atoms with Crippen LogP contribution >= 0.6 is 0 Å². The first-order valence-corrected chi connectivity index (χ1v) is 8.50. The summed E-state index contributed by atoms with van der Waals surface area (Å²) in [7, 11) is 0. The van der Waals surface area contributed by atoms with E-state index in [1.807, 2.05) is 22.9 Å². The minimum atomic E-state index is -0.710. The minimum absolute atomic E-state index is 0.0431. The molecule has 4 rings (SSSR count). The summed E-state index contributed by atoms with van der Waals surface area (Å²) in [4.78, 5) is 26.2. The third-order valence-corrected chi connectivity index (χ3v) is 5.00. The fraction of sp³-hybridized carbons (Fsp3) is 0.368. The topological polar surface area (TPSA) is 62.5 Å². The zero-order chi connectivity index (χ0) is 17.6. The number of nitrogens with zero attached hydrogens (tertiary/aromatic N) is 2. The molecule has 2 aliphatic rings. The largest absolute Gasteiger partial charge is 0.388 e. The van der Waals surface area contributed by atoms with Crippen molar-refractivity contribution < 1.29 is 19.1 Å². The van der Waals surface area contributed by atoms with E-state index in [2.05, 4.69) is 0 Å². The van der Waals surface area contributed by atoms with Crippen LogP contribution in [0.2, 0.25) is 0 Å². The third-order valence-electron chi connectivity index (χ3n) is 5.00. The number of aliphatic hydroxyl groups excluding tert-OH is 1. The van der Waals surface area contributed by atoms with E-state index in [9.17, 15) is 14.0 Å². The number of fused-ring (bicyclic) bond motifs is 1. The van der Waals surface area contributed by atoms with Crippen LogP contribution in [0, 0.1) is 5.82 Å². The Morgan fingerprint density at radius 1 is 1.24 bits per heavy atom. The molecule has 0 unspecified atom stereocenters. The van der Waals surface area contributed by atoms with Crippen LogP contribution in [0.1, 0.15) is 50.9 Å². The van der Waals surface area contributed by atoms with Gasteiger partial charge < -0.3 is 14.6 Å². The standard InChI is InChI=1S/C19H19FN2O3/c20-18-14-7-9-21(10-12(14)3-6-15(18)17(24)11-23)19(25)16-2-1-8-22(16)13-4-5-13/h1-3,6,8,13,23H,4-5,7,9-11H2. The number of halogens is 1. The molecule has 1 aromatic heterocycles. The smallest absolute Gasteiger partial charge is 0.270 e. The van der Waals surface area contributed by atoms with Crippen molar-refractivity contribution in [2.45, 2.75) is 31.8 Å². The Labute approximate surface area is 144 Å². The van der Waals surface area contributed by atoms with Crippen molar-refractivity contribution in [2.24, 2.45) is 0 Å². The summed E-state index contributed by atoms with van der Waals surface area (Å²) in [5, 5.41) is 8.94. The first-order chi connectivity index (χ1) is 12.1. The number of aromatic nitrogens is 1. The summed E-state index contributed by atoms with van der Waals surface area (Å²) in [5.41, 5.74) is 1.79. The molecule has 1 N–H and O–H groups in total. The van der Waals surface area contributed by atoms with Gasteiger partial charge in [0.25, 0.3) is 5.91 Å². The van der Waals surface area contributed by atoms with Gasteiger partial charge in [0.2, 0.25) is 0 Å². The van der Waals surface area contributed by atoms with E-state index in [1.165, 1.54) is 6.07 Å². The fourth-order valence-electron chi connectivity index (χ4n) is 3.49. The van der Waals surface area contributed by atoms with E-state index in [0.717, 1.165) is 18.4 Å². The van der Waals surface area contributed by atoms with Gasteiger partial charge in [-0.15, -0.1) is 0 Å². The van der Waals surface area contributed by atoms with E-state index in [1.54, 1.807) is 11.0 Å². The third kappa shape index (κ3) is 2.76. The summed E-state index contributed by atoms with van der Waals surface area (Å²) in [6.07, 6.45) is 4.51. The molecular weight excluding hydrogens is 323 g/mol. The number of carbonyl (C=O) groups is 2. The number of Topliss-reactive ketones (excluding diaryl/α,β-unsaturated/α-hetero) is 1. The van der Waals surface area contributed by atoms with E-state index in [-0.39, 0.29) is 11.5 Å². The Balaban J connectivity index is 1.59. The number of ketones is 1. The molecule has 2 aromatic rings. The second-order valence-electron chi connectivity index (χ2n) is 6.65. The lowest BCUT2D eigenvalue weighted by molar-refractivity contribution is 0.0721. The Bertz CT molecular complexity index is 854. The van der Waals surface area contributed by atoms with E-state index >= 15 is 0 Å². The maximum atomic E-state index is 14.5. The SMILES string of the molecule is O=C(CO)c1ccc2c(c1F)CCN(C(=O)c1cccn1C1CC1)C2. The second kappa shape index (κ2) is 6.11. The van der Waals surface area contributed by atoms with Gasteiger partial charge in [0, 0.05) is 25.3 Å². The lowest BCUT2D eigenvalue weighted by Crippen LogP contribution is -2.37. The quantitative estimate of drug-likeness (QED) is 0.868. The van der Waals surface area contributed by atoms with Gasteiger partial charge in [0.1, 0.15) is 18.1 Å². The number of carbonyl (C=O) groups excluding carboxylic acids is 2. The molecule has 1 amide bonds. The minimum Gasteiger partial charge on any atom is -0.388 e. The van der Waals surface area contributed by atoms with Crippen LogP contribution in [0.3, 0.4) is 0 Å². The summed E-state index contributed by atoms with van der Waals surface area (Å²) >= 11 is 0. The second-order valence-corrected chi connectivity index (χ2v) is 6.65. The van der Waals surface area contributed by atoms with E-state index in [4.69, 9.17) is 5.11 Å². The molecular formula is C19H19FN2O3. The normalized spacial score (nSPS) is 16.6. The average Bonchev–Trinajstić information content (AvgIpc) is 3.37. The Morgan fingerprint density at radius 2 is 2.04 bits per heavy atom. The molecule has 130 valence electrons. The van der Waals surface area contributed by atoms with Crippen LogP contribution in [0.25, 0.3) is 0 Å². The molecule has 1 aliphatic carbocycles. The van der Waals surface area contributed by atoms with Crippen LogP contribution in [-0.2, 0) is 13.0 Å². The van der Waals surface area contributed by atoms with Gasteiger partial charge >= 0.3 is 0 Å². The number of amides is 1. The predicted molar refractivity (Wildman–Crippen MR) is 89.0 cm³/mol. The summed E-state index contributed by atoms with van der Waals surface area (Å²) < 4.78 is 16.6. The van der Waals surface area contributed by atoms with Crippen LogP contribution in [0.5, 0.6) is 0 Å². The molecule has 0 atom stereocenters. The van der Waals surface area contributed by atoms with Gasteiger partial charge in [0.15, 0.2) is 5.78 Å². The molecule has 25 heavy (non-hydrogen) atoms. The molecule has 0 bridgehead atoms. The first kappa shape index (κ1) is 16.0. The van der Waals surface area contributed by atoms with E-state index in [0.29, 0.717) is 36.8 Å². The number of benzene rings is 1. The van der Waals surface area contributed by atoms with Crippen LogP contribution < -0.4 is 0 Å². The van der Waals surface area contributed by atoms with Crippen molar-refractivity contribution in [3.8, 4) is 0 Å². The summed E-state index contributed by atoms with van der Waals surface area (Å²) in [6, 6.07) is 7.22.